The van der Waals surface area contributed by atoms with E-state index >= 15 is 0 Å². The van der Waals surface area contributed by atoms with Crippen molar-refractivity contribution in [2.24, 2.45) is 0 Å². The normalized spacial score (nSPS) is 23.1. The molecule has 1 unspecified atom stereocenters. The van der Waals surface area contributed by atoms with E-state index in [9.17, 15) is 9.90 Å². The molecule has 0 radical (unpaired) electrons. The summed E-state index contributed by atoms with van der Waals surface area (Å²) in [6.45, 7) is 5.01. The van der Waals surface area contributed by atoms with Crippen LogP contribution in [0.2, 0.25) is 0 Å². The Kier molecular flexibility index (Phi) is 7.71. The van der Waals surface area contributed by atoms with Crippen molar-refractivity contribution in [2.45, 2.75) is 31.0 Å². The van der Waals surface area contributed by atoms with Crippen molar-refractivity contribution < 1.29 is 9.90 Å². The maximum absolute atomic E-state index is 13.7. The molecule has 3 N–H and O–H groups in total. The van der Waals surface area contributed by atoms with E-state index < -0.39 is 11.3 Å². The molecule has 2 aromatic rings. The monoisotopic (exact) mass is 437 g/mol. The molecule has 1 saturated heterocycles. The zero-order valence-electron chi connectivity index (χ0n) is 16.6. The molecule has 1 fully saturated rings. The molecule has 0 aromatic heterocycles. The summed E-state index contributed by atoms with van der Waals surface area (Å²) in [6, 6.07) is 17.5. The van der Waals surface area contributed by atoms with Crippen molar-refractivity contribution in [3.05, 3.63) is 71.3 Å². The van der Waals surface area contributed by atoms with Gasteiger partial charge in [-0.25, -0.2) is 0 Å². The van der Waals surface area contributed by atoms with Crippen LogP contribution in [0.25, 0.3) is 0 Å². The number of aliphatic hydroxyl groups is 1. The Labute approximate surface area is 184 Å². The standard InChI is InChI=1S/C22H27N3O2.2ClH/c1-21(27,18-8-3-2-4-9-18)24-20(26)22(25-15-13-23-14-16-25)12-11-17-7-5-6-10-19(17)22;;/h2-10,23,27H,11-16H2,1H3,(H,24,26);2*1H/t21-,22?;;/m1../s1. The van der Waals surface area contributed by atoms with Gasteiger partial charge in [-0.1, -0.05) is 54.6 Å². The molecule has 0 spiro atoms. The molecule has 7 heteroatoms. The van der Waals surface area contributed by atoms with Crippen LogP contribution in [0.15, 0.2) is 54.6 Å². The number of piperazine rings is 1. The molecule has 2 aliphatic rings. The van der Waals surface area contributed by atoms with E-state index in [2.05, 4.69) is 27.7 Å². The highest BCUT2D eigenvalue weighted by Crippen LogP contribution is 2.42. The van der Waals surface area contributed by atoms with E-state index in [1.54, 1.807) is 6.92 Å². The number of fused-ring (bicyclic) bond motifs is 1. The number of halogens is 2. The molecule has 5 nitrogen and oxygen atoms in total. The molecule has 29 heavy (non-hydrogen) atoms. The molecule has 1 heterocycles. The Morgan fingerprint density at radius 1 is 1.07 bits per heavy atom. The number of hydrogen-bond acceptors (Lipinski definition) is 4. The van der Waals surface area contributed by atoms with Gasteiger partial charge in [0.05, 0.1) is 0 Å². The lowest BCUT2D eigenvalue weighted by Gasteiger charge is -2.44. The Balaban J connectivity index is 0.00000150. The van der Waals surface area contributed by atoms with Gasteiger partial charge in [0.25, 0.3) is 0 Å². The van der Waals surface area contributed by atoms with Crippen LogP contribution in [0.3, 0.4) is 0 Å². The topological polar surface area (TPSA) is 64.6 Å². The third kappa shape index (κ3) is 4.30. The van der Waals surface area contributed by atoms with Gasteiger partial charge >= 0.3 is 0 Å². The van der Waals surface area contributed by atoms with Gasteiger partial charge in [0, 0.05) is 31.7 Å². The van der Waals surface area contributed by atoms with E-state index in [1.807, 2.05) is 42.5 Å². The van der Waals surface area contributed by atoms with Crippen molar-refractivity contribution in [1.82, 2.24) is 15.5 Å². The number of hydrogen-bond donors (Lipinski definition) is 3. The smallest absolute Gasteiger partial charge is 0.247 e. The number of nitrogens with zero attached hydrogens (tertiary/aromatic N) is 1. The predicted octanol–water partition coefficient (Wildman–Crippen LogP) is 2.56. The van der Waals surface area contributed by atoms with Crippen LogP contribution < -0.4 is 10.6 Å². The van der Waals surface area contributed by atoms with Gasteiger partial charge in [-0.05, 0) is 30.9 Å². The maximum Gasteiger partial charge on any atom is 0.247 e. The number of carbonyl (C=O) groups excluding carboxylic acids is 1. The molecular weight excluding hydrogens is 409 g/mol. The summed E-state index contributed by atoms with van der Waals surface area (Å²) in [5, 5.41) is 17.3. The number of amides is 1. The van der Waals surface area contributed by atoms with Gasteiger partial charge < -0.3 is 15.7 Å². The van der Waals surface area contributed by atoms with Crippen molar-refractivity contribution in [2.75, 3.05) is 26.2 Å². The van der Waals surface area contributed by atoms with Crippen LogP contribution in [0.4, 0.5) is 0 Å². The fraction of sp³-hybridized carbons (Fsp3) is 0.409. The van der Waals surface area contributed by atoms with Gasteiger partial charge in [0.1, 0.15) is 5.54 Å². The number of aryl methyl sites for hydroxylation is 1. The number of benzene rings is 2. The average Bonchev–Trinajstić information content (AvgIpc) is 3.10. The lowest BCUT2D eigenvalue weighted by atomic mass is 9.87. The minimum atomic E-state index is -1.42. The quantitative estimate of drug-likeness (QED) is 0.643. The fourth-order valence-corrected chi connectivity index (χ4v) is 4.51. The van der Waals surface area contributed by atoms with Gasteiger partial charge in [-0.2, -0.15) is 0 Å². The van der Waals surface area contributed by atoms with E-state index in [-0.39, 0.29) is 30.7 Å². The van der Waals surface area contributed by atoms with Crippen LogP contribution in [0.5, 0.6) is 0 Å². The first kappa shape index (κ1) is 23.6. The van der Waals surface area contributed by atoms with Gasteiger partial charge in [-0.15, -0.1) is 24.8 Å². The first-order valence-electron chi connectivity index (χ1n) is 9.69. The average molecular weight is 438 g/mol. The van der Waals surface area contributed by atoms with E-state index in [4.69, 9.17) is 0 Å². The summed E-state index contributed by atoms with van der Waals surface area (Å²) in [4.78, 5) is 16.0. The van der Waals surface area contributed by atoms with Crippen LogP contribution in [-0.4, -0.2) is 42.1 Å². The number of rotatable bonds is 4. The van der Waals surface area contributed by atoms with Crippen LogP contribution >= 0.6 is 24.8 Å². The molecule has 4 rings (SSSR count). The third-order valence-corrected chi connectivity index (χ3v) is 5.94. The van der Waals surface area contributed by atoms with Crippen molar-refractivity contribution in [3.63, 3.8) is 0 Å². The second kappa shape index (κ2) is 9.45. The molecule has 0 bridgehead atoms. The Bertz CT molecular complexity index is 826. The summed E-state index contributed by atoms with van der Waals surface area (Å²) >= 11 is 0. The molecule has 158 valence electrons. The second-order valence-corrected chi connectivity index (χ2v) is 7.65. The molecule has 2 atom stereocenters. The highest BCUT2D eigenvalue weighted by Gasteiger charge is 2.51. The zero-order valence-corrected chi connectivity index (χ0v) is 18.2. The molecule has 1 aliphatic carbocycles. The summed E-state index contributed by atoms with van der Waals surface area (Å²) in [5.74, 6) is -0.122. The Morgan fingerprint density at radius 3 is 2.38 bits per heavy atom. The molecular formula is C22H29Cl2N3O2. The molecule has 2 aromatic carbocycles. The summed E-state index contributed by atoms with van der Waals surface area (Å²) in [6.07, 6.45) is 1.62. The number of carbonyl (C=O) groups is 1. The lowest BCUT2D eigenvalue weighted by molar-refractivity contribution is -0.142. The fourth-order valence-electron chi connectivity index (χ4n) is 4.51. The van der Waals surface area contributed by atoms with Gasteiger partial charge in [0.15, 0.2) is 5.72 Å². The maximum atomic E-state index is 13.7. The lowest BCUT2D eigenvalue weighted by Crippen LogP contribution is -2.62. The van der Waals surface area contributed by atoms with Gasteiger partial charge in [-0.3, -0.25) is 9.69 Å². The third-order valence-electron chi connectivity index (χ3n) is 5.94. The van der Waals surface area contributed by atoms with Crippen molar-refractivity contribution in [3.8, 4) is 0 Å². The van der Waals surface area contributed by atoms with Crippen molar-refractivity contribution in [1.29, 1.82) is 0 Å². The molecule has 1 amide bonds. The molecule has 1 aliphatic heterocycles. The van der Waals surface area contributed by atoms with E-state index in [0.29, 0.717) is 5.56 Å². The minimum Gasteiger partial charge on any atom is -0.367 e. The minimum absolute atomic E-state index is 0. The van der Waals surface area contributed by atoms with Crippen LogP contribution in [-0.2, 0) is 22.5 Å². The summed E-state index contributed by atoms with van der Waals surface area (Å²) in [5.41, 5.74) is 0.841. The number of nitrogens with one attached hydrogen (secondary N) is 2. The zero-order chi connectivity index (χ0) is 18.9. The van der Waals surface area contributed by atoms with E-state index in [1.165, 1.54) is 5.56 Å². The SMILES string of the molecule is C[C@](O)(NC(=O)C1(N2CCNCC2)CCc2ccccc21)c1ccccc1.Cl.Cl. The van der Waals surface area contributed by atoms with Crippen molar-refractivity contribution >= 4 is 30.7 Å². The molecule has 0 saturated carbocycles. The first-order valence-corrected chi connectivity index (χ1v) is 9.69. The highest BCUT2D eigenvalue weighted by molar-refractivity contribution is 5.89. The predicted molar refractivity (Wildman–Crippen MR) is 120 cm³/mol. The second-order valence-electron chi connectivity index (χ2n) is 7.65. The van der Waals surface area contributed by atoms with Crippen LogP contribution in [0, 0.1) is 0 Å². The van der Waals surface area contributed by atoms with E-state index in [0.717, 1.165) is 44.6 Å². The highest BCUT2D eigenvalue weighted by atomic mass is 35.5. The Hall–Kier alpha value is -1.63. The Morgan fingerprint density at radius 2 is 1.69 bits per heavy atom. The summed E-state index contributed by atoms with van der Waals surface area (Å²) < 4.78 is 0. The summed E-state index contributed by atoms with van der Waals surface area (Å²) in [7, 11) is 0. The largest absolute Gasteiger partial charge is 0.367 e. The van der Waals surface area contributed by atoms with Crippen LogP contribution in [0.1, 0.15) is 30.0 Å². The van der Waals surface area contributed by atoms with Gasteiger partial charge in [0.2, 0.25) is 5.91 Å². The first-order chi connectivity index (χ1) is 13.0.